The molecule has 0 aliphatic rings. The molecule has 0 aromatic rings. The standard InChI is InChI=1S/C7H12O4Si.C4H4O4/c1-2-5(12)4(7(10)11)3-6(8)9;5-3(6)1-2-4(7)8/h3,5H,2H2,1,12H3,(H,8,9)(H,10,11);1-2H,(H,5,6)(H,7,8). The number of carbonyl (C=O) groups is 4. The van der Waals surface area contributed by atoms with E-state index in [0.717, 1.165) is 6.08 Å². The van der Waals surface area contributed by atoms with Crippen LogP contribution in [-0.4, -0.2) is 54.5 Å². The SMILES string of the molecule is CCC([SiH3])C(=CC(=O)O)C(=O)O.O=C(O)C=CC(=O)O. The molecule has 0 saturated heterocycles. The highest BCUT2D eigenvalue weighted by molar-refractivity contribution is 6.18. The van der Waals surface area contributed by atoms with Gasteiger partial charge in [0.1, 0.15) is 0 Å². The molecule has 0 rings (SSSR count). The van der Waals surface area contributed by atoms with E-state index in [4.69, 9.17) is 20.4 Å². The maximum atomic E-state index is 10.5. The van der Waals surface area contributed by atoms with Crippen LogP contribution in [0.1, 0.15) is 13.3 Å². The second-order valence-corrected chi connectivity index (χ2v) is 4.96. The molecule has 8 nitrogen and oxygen atoms in total. The van der Waals surface area contributed by atoms with E-state index < -0.39 is 23.9 Å². The number of rotatable bonds is 6. The first kappa shape index (κ1) is 19.9. The normalized spacial score (nSPS) is 12.3. The predicted molar refractivity (Wildman–Crippen MR) is 71.7 cm³/mol. The Morgan fingerprint density at radius 1 is 0.950 bits per heavy atom. The molecule has 0 aromatic heterocycles. The first-order valence-corrected chi connectivity index (χ1v) is 6.59. The Morgan fingerprint density at radius 3 is 1.55 bits per heavy atom. The Balaban J connectivity index is 0. The molecule has 1 atom stereocenters. The number of hydrogen-bond donors (Lipinski definition) is 4. The zero-order valence-corrected chi connectivity index (χ0v) is 12.9. The summed E-state index contributed by atoms with van der Waals surface area (Å²) < 4.78 is 0. The van der Waals surface area contributed by atoms with E-state index >= 15 is 0 Å². The van der Waals surface area contributed by atoms with Crippen LogP contribution in [0.5, 0.6) is 0 Å². The minimum Gasteiger partial charge on any atom is -0.478 e. The topological polar surface area (TPSA) is 149 Å². The van der Waals surface area contributed by atoms with Crippen molar-refractivity contribution in [3.05, 3.63) is 23.8 Å². The van der Waals surface area contributed by atoms with Crippen LogP contribution in [-0.2, 0) is 19.2 Å². The van der Waals surface area contributed by atoms with Crippen LogP contribution in [0.4, 0.5) is 0 Å². The monoisotopic (exact) mass is 304 g/mol. The summed E-state index contributed by atoms with van der Waals surface area (Å²) in [4.78, 5) is 39.8. The molecule has 0 amide bonds. The minimum atomic E-state index is -1.26. The van der Waals surface area contributed by atoms with Gasteiger partial charge in [0.25, 0.3) is 0 Å². The zero-order chi connectivity index (χ0) is 16.3. The van der Waals surface area contributed by atoms with Crippen LogP contribution >= 0.6 is 0 Å². The third-order valence-corrected chi connectivity index (χ3v) is 3.48. The lowest BCUT2D eigenvalue weighted by molar-refractivity contribution is -0.135. The average Bonchev–Trinajstić information content (AvgIpc) is 2.32. The van der Waals surface area contributed by atoms with Crippen LogP contribution in [0.3, 0.4) is 0 Å². The van der Waals surface area contributed by atoms with Crippen molar-refractivity contribution in [1.29, 1.82) is 0 Å². The van der Waals surface area contributed by atoms with Gasteiger partial charge in [0.05, 0.1) is 0 Å². The summed E-state index contributed by atoms with van der Waals surface area (Å²) >= 11 is 0. The van der Waals surface area contributed by atoms with Crippen molar-refractivity contribution in [2.24, 2.45) is 0 Å². The molecule has 0 aromatic carbocycles. The first-order chi connectivity index (χ1) is 9.11. The lowest BCUT2D eigenvalue weighted by atomic mass is 10.1. The van der Waals surface area contributed by atoms with Crippen molar-refractivity contribution < 1.29 is 39.6 Å². The molecule has 0 heterocycles. The van der Waals surface area contributed by atoms with Crippen molar-refractivity contribution in [3.8, 4) is 0 Å². The molecule has 0 aliphatic carbocycles. The van der Waals surface area contributed by atoms with E-state index in [-0.39, 0.29) is 11.1 Å². The molecule has 9 heteroatoms. The van der Waals surface area contributed by atoms with Gasteiger partial charge in [-0.15, -0.1) is 0 Å². The van der Waals surface area contributed by atoms with Crippen LogP contribution in [0.2, 0.25) is 5.54 Å². The highest BCUT2D eigenvalue weighted by Crippen LogP contribution is 2.17. The van der Waals surface area contributed by atoms with Gasteiger partial charge in [0, 0.05) is 34.0 Å². The summed E-state index contributed by atoms with van der Waals surface area (Å²) in [6.07, 6.45) is 2.58. The molecule has 4 N–H and O–H groups in total. The fraction of sp³-hybridized carbons (Fsp3) is 0.273. The van der Waals surface area contributed by atoms with Crippen LogP contribution < -0.4 is 0 Å². The number of carboxylic acids is 4. The number of carboxylic acid groups (broad SMARTS) is 4. The largest absolute Gasteiger partial charge is 0.478 e. The van der Waals surface area contributed by atoms with Gasteiger partial charge in [0.2, 0.25) is 0 Å². The van der Waals surface area contributed by atoms with Crippen LogP contribution in [0.25, 0.3) is 0 Å². The zero-order valence-electron chi connectivity index (χ0n) is 10.9. The highest BCUT2D eigenvalue weighted by Gasteiger charge is 2.15. The van der Waals surface area contributed by atoms with Crippen molar-refractivity contribution in [3.63, 3.8) is 0 Å². The van der Waals surface area contributed by atoms with Gasteiger partial charge in [-0.2, -0.15) is 0 Å². The first-order valence-electron chi connectivity index (χ1n) is 5.43. The molecule has 0 spiro atoms. The van der Waals surface area contributed by atoms with Gasteiger partial charge in [0.15, 0.2) is 0 Å². The third-order valence-electron chi connectivity index (χ3n) is 2.04. The van der Waals surface area contributed by atoms with Crippen LogP contribution in [0, 0.1) is 0 Å². The number of hydrogen-bond acceptors (Lipinski definition) is 4. The Morgan fingerprint density at radius 2 is 1.35 bits per heavy atom. The molecule has 0 bridgehead atoms. The van der Waals surface area contributed by atoms with Gasteiger partial charge in [-0.1, -0.05) is 13.3 Å². The lowest BCUT2D eigenvalue weighted by Crippen LogP contribution is -2.09. The molecule has 0 aliphatic heterocycles. The average molecular weight is 304 g/mol. The Bertz CT molecular complexity index is 422. The molecule has 0 saturated carbocycles. The van der Waals surface area contributed by atoms with Crippen molar-refractivity contribution in [2.75, 3.05) is 0 Å². The maximum absolute atomic E-state index is 10.5. The predicted octanol–water partition coefficient (Wildman–Crippen LogP) is -0.642. The van der Waals surface area contributed by atoms with E-state index in [1.807, 2.05) is 6.92 Å². The molecule has 0 fully saturated rings. The van der Waals surface area contributed by atoms with Gasteiger partial charge >= 0.3 is 23.9 Å². The lowest BCUT2D eigenvalue weighted by Gasteiger charge is -2.07. The van der Waals surface area contributed by atoms with E-state index in [0.29, 0.717) is 28.8 Å². The molecule has 112 valence electrons. The van der Waals surface area contributed by atoms with E-state index in [2.05, 4.69) is 0 Å². The van der Waals surface area contributed by atoms with Gasteiger partial charge in [-0.3, -0.25) is 0 Å². The van der Waals surface area contributed by atoms with Crippen molar-refractivity contribution in [1.82, 2.24) is 0 Å². The fourth-order valence-corrected chi connectivity index (χ4v) is 1.32. The Labute approximate surface area is 117 Å². The third kappa shape index (κ3) is 12.0. The summed E-state index contributed by atoms with van der Waals surface area (Å²) in [7, 11) is 0.664. The minimum absolute atomic E-state index is 0.0108. The maximum Gasteiger partial charge on any atom is 0.331 e. The summed E-state index contributed by atoms with van der Waals surface area (Å²) in [6, 6.07) is 0. The number of aliphatic carboxylic acids is 4. The smallest absolute Gasteiger partial charge is 0.331 e. The van der Waals surface area contributed by atoms with Crippen molar-refractivity contribution in [2.45, 2.75) is 18.9 Å². The van der Waals surface area contributed by atoms with E-state index in [1.54, 1.807) is 0 Å². The molecule has 20 heavy (non-hydrogen) atoms. The second kappa shape index (κ2) is 10.5. The Kier molecular flexibility index (Phi) is 10.4. The van der Waals surface area contributed by atoms with Crippen molar-refractivity contribution >= 4 is 34.1 Å². The molecular weight excluding hydrogens is 288 g/mol. The molecular formula is C11H16O8Si. The summed E-state index contributed by atoms with van der Waals surface area (Å²) in [5.41, 5.74) is -0.0738. The fourth-order valence-electron chi connectivity index (χ4n) is 0.910. The van der Waals surface area contributed by atoms with E-state index in [1.165, 1.54) is 0 Å². The molecule has 0 radical (unpaired) electrons. The summed E-state index contributed by atoms with van der Waals surface area (Å²) in [6.45, 7) is 1.84. The molecule has 1 unspecified atom stereocenters. The van der Waals surface area contributed by atoms with E-state index in [9.17, 15) is 19.2 Å². The highest BCUT2D eigenvalue weighted by atomic mass is 28.1. The van der Waals surface area contributed by atoms with Crippen LogP contribution in [0.15, 0.2) is 23.8 Å². The quantitative estimate of drug-likeness (QED) is 0.374. The second-order valence-electron chi connectivity index (χ2n) is 3.56. The summed E-state index contributed by atoms with van der Waals surface area (Å²) in [5, 5.41) is 32.6. The summed E-state index contributed by atoms with van der Waals surface area (Å²) in [5.74, 6) is -4.83. The van der Waals surface area contributed by atoms with Gasteiger partial charge < -0.3 is 20.4 Å². The van der Waals surface area contributed by atoms with Gasteiger partial charge in [-0.05, 0) is 5.54 Å². The van der Waals surface area contributed by atoms with Gasteiger partial charge in [-0.25, -0.2) is 19.2 Å². The Hall–Kier alpha value is -2.42.